The zero-order chi connectivity index (χ0) is 8.32. The highest BCUT2D eigenvalue weighted by Gasteiger charge is 1.99. The van der Waals surface area contributed by atoms with Gasteiger partial charge in [0.25, 0.3) is 7.75 Å². The zero-order valence-electron chi connectivity index (χ0n) is 5.64. The number of para-hydroxylation sites is 1. The third-order valence-electron chi connectivity index (χ3n) is 0.976. The van der Waals surface area contributed by atoms with Crippen molar-refractivity contribution >= 4 is 7.75 Å². The molecule has 1 aromatic carbocycles. The van der Waals surface area contributed by atoms with E-state index in [1.54, 1.807) is 18.2 Å². The second kappa shape index (κ2) is 3.05. The Morgan fingerprint density at radius 2 is 1.91 bits per heavy atom. The predicted octanol–water partition coefficient (Wildman–Crippen LogP) is 0.492. The Balaban J connectivity index is 2.74. The van der Waals surface area contributed by atoms with Gasteiger partial charge in [-0.2, -0.15) is 0 Å². The third-order valence-corrected chi connectivity index (χ3v) is 1.44. The number of hydrogen-bond donors (Lipinski definition) is 1. The van der Waals surface area contributed by atoms with Crippen molar-refractivity contribution in [2.75, 3.05) is 0 Å². The molecule has 0 bridgehead atoms. The van der Waals surface area contributed by atoms with Gasteiger partial charge in [0.2, 0.25) is 0 Å². The number of nitrogens with two attached hydrogens (primary N) is 1. The van der Waals surface area contributed by atoms with Gasteiger partial charge < -0.3 is 9.42 Å². The van der Waals surface area contributed by atoms with Gasteiger partial charge in [0.05, 0.1) is 0 Å². The highest BCUT2D eigenvalue weighted by atomic mass is 31.2. The summed E-state index contributed by atoms with van der Waals surface area (Å²) < 4.78 is 14.8. The Kier molecular flexibility index (Phi) is 2.29. The van der Waals surface area contributed by atoms with Gasteiger partial charge in [-0.25, -0.2) is 0 Å². The second-order valence-corrected chi connectivity index (χ2v) is 3.21. The van der Waals surface area contributed by atoms with Crippen molar-refractivity contribution in [3.05, 3.63) is 30.3 Å². The molecule has 1 unspecified atom stereocenters. The van der Waals surface area contributed by atoms with Gasteiger partial charge >= 0.3 is 0 Å². The van der Waals surface area contributed by atoms with E-state index in [1.165, 1.54) is 12.1 Å². The summed E-state index contributed by atoms with van der Waals surface area (Å²) in [5, 5.41) is 0. The Bertz CT molecular complexity index is 268. The molecule has 5 heteroatoms. The van der Waals surface area contributed by atoms with Crippen LogP contribution in [0.1, 0.15) is 0 Å². The molecule has 0 saturated heterocycles. The van der Waals surface area contributed by atoms with Crippen LogP contribution >= 0.6 is 7.75 Å². The molecule has 0 saturated carbocycles. The van der Waals surface area contributed by atoms with Gasteiger partial charge in [0, 0.05) is 0 Å². The van der Waals surface area contributed by atoms with E-state index in [-0.39, 0.29) is 5.75 Å². The molecule has 0 aliphatic heterocycles. The molecule has 1 rings (SSSR count). The lowest BCUT2D eigenvalue weighted by molar-refractivity contribution is -0.191. The standard InChI is InChI=1S/C6H8NO3P/c7-11(8,9)10-6-4-2-1-3-5-6/h1-5H,(H3,7,8,9)/p-1. The van der Waals surface area contributed by atoms with Crippen LogP contribution in [0.3, 0.4) is 0 Å². The van der Waals surface area contributed by atoms with E-state index >= 15 is 0 Å². The first kappa shape index (κ1) is 8.27. The smallest absolute Gasteiger partial charge is 0.251 e. The molecule has 1 aromatic rings. The quantitative estimate of drug-likeness (QED) is 0.658. The van der Waals surface area contributed by atoms with Crippen molar-refractivity contribution < 1.29 is 14.0 Å². The molecular formula is C6H7NO3P-. The van der Waals surface area contributed by atoms with Gasteiger partial charge in [-0.3, -0.25) is 10.1 Å². The minimum absolute atomic E-state index is 0.230. The Morgan fingerprint density at radius 1 is 1.36 bits per heavy atom. The maximum absolute atomic E-state index is 10.4. The largest absolute Gasteiger partial charge is 0.757 e. The molecule has 0 radical (unpaired) electrons. The van der Waals surface area contributed by atoms with Crippen LogP contribution in [0, 0.1) is 0 Å². The zero-order valence-corrected chi connectivity index (χ0v) is 6.53. The molecule has 0 aromatic heterocycles. The van der Waals surface area contributed by atoms with Crippen molar-refractivity contribution in [3.8, 4) is 5.75 Å². The number of benzene rings is 1. The fraction of sp³-hybridized carbons (Fsp3) is 0. The van der Waals surface area contributed by atoms with Crippen LogP contribution < -0.4 is 14.9 Å². The highest BCUT2D eigenvalue weighted by molar-refractivity contribution is 7.49. The van der Waals surface area contributed by atoms with Gasteiger partial charge in [-0.1, -0.05) is 18.2 Å². The molecule has 0 aliphatic rings. The van der Waals surface area contributed by atoms with Crippen molar-refractivity contribution in [1.82, 2.24) is 0 Å². The van der Waals surface area contributed by atoms with E-state index in [0.717, 1.165) is 0 Å². The summed E-state index contributed by atoms with van der Waals surface area (Å²) in [5.74, 6) is 0.230. The predicted molar refractivity (Wildman–Crippen MR) is 38.9 cm³/mol. The van der Waals surface area contributed by atoms with Crippen LogP contribution in [0.2, 0.25) is 0 Å². The van der Waals surface area contributed by atoms with E-state index in [2.05, 4.69) is 10.0 Å². The summed E-state index contributed by atoms with van der Waals surface area (Å²) in [4.78, 5) is 10.4. The Hall–Kier alpha value is -0.830. The summed E-state index contributed by atoms with van der Waals surface area (Å²) in [6.45, 7) is 0. The van der Waals surface area contributed by atoms with E-state index in [1.807, 2.05) is 0 Å². The van der Waals surface area contributed by atoms with Crippen molar-refractivity contribution in [1.29, 1.82) is 0 Å². The van der Waals surface area contributed by atoms with Gasteiger partial charge in [-0.05, 0) is 12.1 Å². The first-order chi connectivity index (χ1) is 5.08. The maximum Gasteiger partial charge on any atom is 0.251 e. The molecular weight excluding hydrogens is 165 g/mol. The van der Waals surface area contributed by atoms with E-state index in [0.29, 0.717) is 0 Å². The summed E-state index contributed by atoms with van der Waals surface area (Å²) >= 11 is 0. The maximum atomic E-state index is 10.4. The topological polar surface area (TPSA) is 75.4 Å². The van der Waals surface area contributed by atoms with Crippen molar-refractivity contribution in [2.45, 2.75) is 0 Å². The molecule has 0 fully saturated rings. The van der Waals surface area contributed by atoms with Crippen LogP contribution in [0.25, 0.3) is 0 Å². The van der Waals surface area contributed by atoms with Crippen LogP contribution in [0.4, 0.5) is 0 Å². The fourth-order valence-corrected chi connectivity index (χ4v) is 1.04. The normalized spacial score (nSPS) is 15.5. The molecule has 4 nitrogen and oxygen atoms in total. The molecule has 0 spiro atoms. The molecule has 0 amide bonds. The molecule has 60 valence electrons. The van der Waals surface area contributed by atoms with Crippen LogP contribution in [-0.2, 0) is 4.57 Å². The molecule has 1 atom stereocenters. The van der Waals surface area contributed by atoms with Crippen molar-refractivity contribution in [3.63, 3.8) is 0 Å². The Labute approximate surface area is 64.2 Å². The van der Waals surface area contributed by atoms with Gasteiger partial charge in [-0.15, -0.1) is 0 Å². The summed E-state index contributed by atoms with van der Waals surface area (Å²) in [5.41, 5.74) is 4.65. The Morgan fingerprint density at radius 3 is 2.36 bits per heavy atom. The summed E-state index contributed by atoms with van der Waals surface area (Å²) in [6, 6.07) is 8.09. The van der Waals surface area contributed by atoms with E-state index in [4.69, 9.17) is 0 Å². The van der Waals surface area contributed by atoms with Crippen LogP contribution in [-0.4, -0.2) is 0 Å². The number of hydrogen-bond acceptors (Lipinski definition) is 3. The van der Waals surface area contributed by atoms with E-state index in [9.17, 15) is 9.46 Å². The summed E-state index contributed by atoms with van der Waals surface area (Å²) in [7, 11) is -4.14. The van der Waals surface area contributed by atoms with Gasteiger partial charge in [0.1, 0.15) is 5.75 Å². The first-order valence-electron chi connectivity index (χ1n) is 2.92. The lowest BCUT2D eigenvalue weighted by Crippen LogP contribution is -2.14. The molecule has 2 N–H and O–H groups in total. The van der Waals surface area contributed by atoms with Crippen LogP contribution in [0.15, 0.2) is 30.3 Å². The minimum atomic E-state index is -4.14. The lowest BCUT2D eigenvalue weighted by atomic mass is 10.3. The van der Waals surface area contributed by atoms with E-state index < -0.39 is 7.75 Å². The molecule has 0 aliphatic carbocycles. The van der Waals surface area contributed by atoms with Crippen LogP contribution in [0.5, 0.6) is 5.75 Å². The van der Waals surface area contributed by atoms with Crippen molar-refractivity contribution in [2.24, 2.45) is 5.50 Å². The summed E-state index contributed by atoms with van der Waals surface area (Å²) in [6.07, 6.45) is 0. The SMILES string of the molecule is NP(=O)([O-])Oc1ccccc1. The molecule has 0 heterocycles. The lowest BCUT2D eigenvalue weighted by Gasteiger charge is -2.17. The average molecular weight is 172 g/mol. The minimum Gasteiger partial charge on any atom is -0.757 e. The average Bonchev–Trinajstić information content (AvgIpc) is 1.85. The first-order valence-corrected chi connectivity index (χ1v) is 4.53. The second-order valence-electron chi connectivity index (χ2n) is 1.94. The fourth-order valence-electron chi connectivity index (χ4n) is 0.628. The number of rotatable bonds is 2. The highest BCUT2D eigenvalue weighted by Crippen LogP contribution is 2.28. The monoisotopic (exact) mass is 172 g/mol. The third kappa shape index (κ3) is 3.18. The molecule has 11 heavy (non-hydrogen) atoms. The van der Waals surface area contributed by atoms with Gasteiger partial charge in [0.15, 0.2) is 0 Å².